The molecule has 7 nitrogen and oxygen atoms in total. The number of carbonyl (C=O) groups is 2. The first-order valence-electron chi connectivity index (χ1n) is 7.51. The number of urea groups is 1. The van der Waals surface area contributed by atoms with E-state index in [-0.39, 0.29) is 17.1 Å². The number of anilines is 1. The SMILES string of the molecule is CCn1cc(C(=O)O)c(=O)c2cc(F)c(N3CC(C)NC3=O)cc21. The predicted molar refractivity (Wildman–Crippen MR) is 86.1 cm³/mol. The molecule has 1 aliphatic rings. The molecule has 3 rings (SSSR count). The number of carboxylic acids is 1. The van der Waals surface area contributed by atoms with E-state index in [0.717, 1.165) is 6.07 Å². The van der Waals surface area contributed by atoms with Gasteiger partial charge in [0, 0.05) is 30.7 Å². The van der Waals surface area contributed by atoms with Crippen molar-refractivity contribution >= 4 is 28.6 Å². The average Bonchev–Trinajstić information content (AvgIpc) is 2.85. The van der Waals surface area contributed by atoms with Gasteiger partial charge in [0.2, 0.25) is 5.43 Å². The summed E-state index contributed by atoms with van der Waals surface area (Å²) < 4.78 is 16.1. The van der Waals surface area contributed by atoms with Crippen molar-refractivity contribution in [2.45, 2.75) is 26.4 Å². The van der Waals surface area contributed by atoms with Gasteiger partial charge in [-0.3, -0.25) is 9.69 Å². The highest BCUT2D eigenvalue weighted by atomic mass is 19.1. The Hall–Kier alpha value is -2.90. The second-order valence-corrected chi connectivity index (χ2v) is 5.74. The molecule has 1 aromatic heterocycles. The monoisotopic (exact) mass is 333 g/mol. The Bertz CT molecular complexity index is 922. The highest BCUT2D eigenvalue weighted by Gasteiger charge is 2.29. The van der Waals surface area contributed by atoms with E-state index >= 15 is 0 Å². The van der Waals surface area contributed by atoms with Crippen molar-refractivity contribution in [2.24, 2.45) is 0 Å². The van der Waals surface area contributed by atoms with Crippen LogP contribution in [0.4, 0.5) is 14.9 Å². The van der Waals surface area contributed by atoms with Crippen LogP contribution in [0.25, 0.3) is 10.9 Å². The van der Waals surface area contributed by atoms with Gasteiger partial charge in [-0.05, 0) is 26.0 Å². The van der Waals surface area contributed by atoms with Gasteiger partial charge in [-0.1, -0.05) is 0 Å². The Morgan fingerprint density at radius 1 is 1.42 bits per heavy atom. The molecule has 0 aliphatic carbocycles. The number of hydrogen-bond donors (Lipinski definition) is 2. The zero-order chi connectivity index (χ0) is 17.6. The Labute approximate surface area is 136 Å². The van der Waals surface area contributed by atoms with E-state index in [1.54, 1.807) is 18.4 Å². The molecule has 8 heteroatoms. The Morgan fingerprint density at radius 2 is 2.12 bits per heavy atom. The zero-order valence-electron chi connectivity index (χ0n) is 13.2. The van der Waals surface area contributed by atoms with E-state index in [2.05, 4.69) is 5.32 Å². The highest BCUT2D eigenvalue weighted by molar-refractivity contribution is 5.98. The van der Waals surface area contributed by atoms with Gasteiger partial charge < -0.3 is 15.0 Å². The quantitative estimate of drug-likeness (QED) is 0.895. The van der Waals surface area contributed by atoms with Gasteiger partial charge in [0.15, 0.2) is 0 Å². The molecule has 1 aliphatic heterocycles. The molecule has 0 radical (unpaired) electrons. The largest absolute Gasteiger partial charge is 0.477 e. The predicted octanol–water partition coefficient (Wildman–Crippen LogP) is 1.78. The summed E-state index contributed by atoms with van der Waals surface area (Å²) in [6.07, 6.45) is 1.24. The van der Waals surface area contributed by atoms with Crippen molar-refractivity contribution in [3.8, 4) is 0 Å². The number of carboxylic acid groups (broad SMARTS) is 1. The van der Waals surface area contributed by atoms with Crippen LogP contribution >= 0.6 is 0 Å². The number of aromatic carboxylic acids is 1. The van der Waals surface area contributed by atoms with Crippen molar-refractivity contribution in [2.75, 3.05) is 11.4 Å². The van der Waals surface area contributed by atoms with Crippen LogP contribution in [-0.4, -0.2) is 34.3 Å². The first-order chi connectivity index (χ1) is 11.3. The summed E-state index contributed by atoms with van der Waals surface area (Å²) >= 11 is 0. The summed E-state index contributed by atoms with van der Waals surface area (Å²) in [5.41, 5.74) is -0.707. The number of hydrogen-bond acceptors (Lipinski definition) is 3. The first kappa shape index (κ1) is 16.0. The maximum Gasteiger partial charge on any atom is 0.341 e. The molecule has 1 fully saturated rings. The molecule has 24 heavy (non-hydrogen) atoms. The molecule has 2 N–H and O–H groups in total. The minimum atomic E-state index is -1.36. The van der Waals surface area contributed by atoms with E-state index in [1.807, 2.05) is 0 Å². The molecule has 0 spiro atoms. The first-order valence-corrected chi connectivity index (χ1v) is 7.51. The number of nitrogens with one attached hydrogen (secondary N) is 1. The number of pyridine rings is 1. The van der Waals surface area contributed by atoms with Gasteiger partial charge in [0.25, 0.3) is 0 Å². The van der Waals surface area contributed by atoms with Gasteiger partial charge in [-0.25, -0.2) is 14.0 Å². The molecule has 1 saturated heterocycles. The minimum Gasteiger partial charge on any atom is -0.477 e. The van der Waals surface area contributed by atoms with Crippen LogP contribution in [-0.2, 0) is 6.54 Å². The van der Waals surface area contributed by atoms with Crippen LogP contribution in [0.3, 0.4) is 0 Å². The Morgan fingerprint density at radius 3 is 2.67 bits per heavy atom. The number of benzene rings is 1. The standard InChI is InChI=1S/C16H16FN3O4/c1-3-19-7-10(15(22)23)14(21)9-4-11(17)13(5-12(9)19)20-6-8(2)18-16(20)24/h4-5,7-8H,3,6H2,1-2H3,(H,18,24)(H,22,23). The van der Waals surface area contributed by atoms with Gasteiger partial charge >= 0.3 is 12.0 Å². The number of fused-ring (bicyclic) bond motifs is 1. The van der Waals surface area contributed by atoms with Gasteiger partial charge in [-0.2, -0.15) is 0 Å². The molecule has 1 unspecified atom stereocenters. The van der Waals surface area contributed by atoms with E-state index < -0.39 is 28.8 Å². The maximum absolute atomic E-state index is 14.5. The number of aryl methyl sites for hydroxylation is 1. The van der Waals surface area contributed by atoms with E-state index in [1.165, 1.54) is 17.2 Å². The molecular formula is C16H16FN3O4. The van der Waals surface area contributed by atoms with Crippen molar-refractivity contribution in [1.29, 1.82) is 0 Å². The fraction of sp³-hybridized carbons (Fsp3) is 0.312. The second-order valence-electron chi connectivity index (χ2n) is 5.74. The average molecular weight is 333 g/mol. The molecule has 2 aromatic rings. The van der Waals surface area contributed by atoms with Crippen molar-refractivity contribution in [1.82, 2.24) is 9.88 Å². The van der Waals surface area contributed by atoms with Gasteiger partial charge in [-0.15, -0.1) is 0 Å². The fourth-order valence-corrected chi connectivity index (χ4v) is 2.92. The lowest BCUT2D eigenvalue weighted by Crippen LogP contribution is -2.29. The van der Waals surface area contributed by atoms with E-state index in [0.29, 0.717) is 18.6 Å². The number of carbonyl (C=O) groups excluding carboxylic acids is 1. The molecule has 126 valence electrons. The number of halogens is 1. The van der Waals surface area contributed by atoms with Crippen LogP contribution in [0.5, 0.6) is 0 Å². The van der Waals surface area contributed by atoms with Crippen LogP contribution in [0, 0.1) is 5.82 Å². The summed E-state index contributed by atoms with van der Waals surface area (Å²) in [5.74, 6) is -2.10. The molecule has 0 bridgehead atoms. The maximum atomic E-state index is 14.5. The Balaban J connectivity index is 2.28. The summed E-state index contributed by atoms with van der Waals surface area (Å²) in [4.78, 5) is 36.7. The number of aromatic nitrogens is 1. The third-order valence-electron chi connectivity index (χ3n) is 4.08. The normalized spacial score (nSPS) is 17.4. The molecule has 1 aromatic carbocycles. The summed E-state index contributed by atoms with van der Waals surface area (Å²) in [6.45, 7) is 4.29. The lowest BCUT2D eigenvalue weighted by Gasteiger charge is -2.18. The van der Waals surface area contributed by atoms with Crippen LogP contribution in [0.15, 0.2) is 23.1 Å². The number of amides is 2. The van der Waals surface area contributed by atoms with Gasteiger partial charge in [0.1, 0.15) is 11.4 Å². The smallest absolute Gasteiger partial charge is 0.341 e. The minimum absolute atomic E-state index is 0.0225. The van der Waals surface area contributed by atoms with Crippen LogP contribution < -0.4 is 15.6 Å². The van der Waals surface area contributed by atoms with Crippen LogP contribution in [0.2, 0.25) is 0 Å². The van der Waals surface area contributed by atoms with Crippen molar-refractivity contribution < 1.29 is 19.1 Å². The second kappa shape index (κ2) is 5.63. The lowest BCUT2D eigenvalue weighted by atomic mass is 10.1. The van der Waals surface area contributed by atoms with Crippen molar-refractivity contribution in [3.05, 3.63) is 39.9 Å². The van der Waals surface area contributed by atoms with E-state index in [9.17, 15) is 18.8 Å². The summed E-state index contributed by atoms with van der Waals surface area (Å²) in [5, 5.41) is 11.8. The Kier molecular flexibility index (Phi) is 3.75. The highest BCUT2D eigenvalue weighted by Crippen LogP contribution is 2.27. The topological polar surface area (TPSA) is 91.6 Å². The third kappa shape index (κ3) is 2.40. The summed E-state index contributed by atoms with van der Waals surface area (Å²) in [7, 11) is 0. The lowest BCUT2D eigenvalue weighted by molar-refractivity contribution is 0.0695. The molecule has 0 saturated carbocycles. The third-order valence-corrected chi connectivity index (χ3v) is 4.08. The molecule has 2 amide bonds. The van der Waals surface area contributed by atoms with Crippen LogP contribution in [0.1, 0.15) is 24.2 Å². The summed E-state index contributed by atoms with van der Waals surface area (Å²) in [6, 6.07) is 1.89. The molecule has 2 heterocycles. The van der Waals surface area contributed by atoms with Crippen molar-refractivity contribution in [3.63, 3.8) is 0 Å². The number of nitrogens with zero attached hydrogens (tertiary/aromatic N) is 2. The van der Waals surface area contributed by atoms with E-state index in [4.69, 9.17) is 5.11 Å². The number of rotatable bonds is 3. The van der Waals surface area contributed by atoms with Gasteiger partial charge in [0.05, 0.1) is 11.2 Å². The molecular weight excluding hydrogens is 317 g/mol. The molecule has 1 atom stereocenters. The fourth-order valence-electron chi connectivity index (χ4n) is 2.92. The zero-order valence-corrected chi connectivity index (χ0v) is 13.2.